The van der Waals surface area contributed by atoms with E-state index in [1.54, 1.807) is 11.1 Å². The molecule has 0 unspecified atom stereocenters. The predicted molar refractivity (Wildman–Crippen MR) is 129 cm³/mol. The van der Waals surface area contributed by atoms with Gasteiger partial charge < -0.3 is 4.90 Å². The van der Waals surface area contributed by atoms with Gasteiger partial charge in [0.05, 0.1) is 24.2 Å². The van der Waals surface area contributed by atoms with Crippen LogP contribution in [0.3, 0.4) is 0 Å². The van der Waals surface area contributed by atoms with Crippen molar-refractivity contribution in [1.29, 1.82) is 0 Å². The number of halogens is 3. The van der Waals surface area contributed by atoms with E-state index in [0.717, 1.165) is 36.0 Å². The summed E-state index contributed by atoms with van der Waals surface area (Å²) in [6.07, 6.45) is -2.00. The van der Waals surface area contributed by atoms with E-state index in [1.165, 1.54) is 17.7 Å². The summed E-state index contributed by atoms with van der Waals surface area (Å²) < 4.78 is 39.0. The van der Waals surface area contributed by atoms with Crippen LogP contribution < -0.4 is 4.90 Å². The number of rotatable bonds is 5. The summed E-state index contributed by atoms with van der Waals surface area (Å²) in [4.78, 5) is 16.9. The second kappa shape index (κ2) is 10.0. The lowest BCUT2D eigenvalue weighted by atomic mass is 10.0. The SMILES string of the molecule is CC1=NN(CCN2CCN(c3cccc(C(F)(F)F)c3)CC2)C(=O)C/C1=C\c1ccc(C)cc1. The van der Waals surface area contributed by atoms with Gasteiger partial charge in [-0.2, -0.15) is 18.3 Å². The topological polar surface area (TPSA) is 39.1 Å². The highest BCUT2D eigenvalue weighted by Crippen LogP contribution is 2.32. The van der Waals surface area contributed by atoms with E-state index >= 15 is 0 Å². The summed E-state index contributed by atoms with van der Waals surface area (Å²) in [5.74, 6) is -0.0217. The fraction of sp³-hybridized carbons (Fsp3) is 0.385. The molecule has 0 bridgehead atoms. The van der Waals surface area contributed by atoms with Crippen LogP contribution in [-0.2, 0) is 11.0 Å². The second-order valence-electron chi connectivity index (χ2n) is 8.84. The van der Waals surface area contributed by atoms with Crippen LogP contribution in [0.2, 0.25) is 0 Å². The third kappa shape index (κ3) is 5.86. The Morgan fingerprint density at radius 2 is 1.68 bits per heavy atom. The van der Waals surface area contributed by atoms with Gasteiger partial charge in [-0.3, -0.25) is 9.69 Å². The first-order valence-electron chi connectivity index (χ1n) is 11.5. The molecule has 2 aliphatic rings. The van der Waals surface area contributed by atoms with E-state index in [0.29, 0.717) is 38.3 Å². The zero-order valence-corrected chi connectivity index (χ0v) is 19.5. The molecule has 0 N–H and O–H groups in total. The molecular weight excluding hydrogens is 441 g/mol. The molecule has 1 amide bonds. The highest BCUT2D eigenvalue weighted by atomic mass is 19.4. The third-order valence-corrected chi connectivity index (χ3v) is 6.32. The Kier molecular flexibility index (Phi) is 7.07. The number of piperazine rings is 1. The van der Waals surface area contributed by atoms with Crippen LogP contribution in [0.1, 0.15) is 30.0 Å². The summed E-state index contributed by atoms with van der Waals surface area (Å²) in [6, 6.07) is 13.6. The molecule has 0 radical (unpaired) electrons. The molecule has 0 aliphatic carbocycles. The van der Waals surface area contributed by atoms with Gasteiger partial charge in [-0.1, -0.05) is 35.9 Å². The highest BCUT2D eigenvalue weighted by Gasteiger charge is 2.31. The smallest absolute Gasteiger partial charge is 0.369 e. The first kappa shape index (κ1) is 24.0. The maximum Gasteiger partial charge on any atom is 0.416 e. The zero-order chi connectivity index (χ0) is 24.3. The summed E-state index contributed by atoms with van der Waals surface area (Å²) >= 11 is 0. The maximum atomic E-state index is 13.0. The van der Waals surface area contributed by atoms with Gasteiger partial charge in [0.15, 0.2) is 0 Å². The summed E-state index contributed by atoms with van der Waals surface area (Å²) in [5.41, 5.74) is 3.98. The number of hydrogen-bond donors (Lipinski definition) is 0. The highest BCUT2D eigenvalue weighted by molar-refractivity contribution is 6.08. The van der Waals surface area contributed by atoms with Crippen LogP contribution in [0, 0.1) is 6.92 Å². The van der Waals surface area contributed by atoms with Crippen molar-refractivity contribution in [3.8, 4) is 0 Å². The minimum atomic E-state index is -4.34. The molecule has 2 aromatic rings. The van der Waals surface area contributed by atoms with Crippen molar-refractivity contribution in [2.75, 3.05) is 44.2 Å². The van der Waals surface area contributed by atoms with Gasteiger partial charge >= 0.3 is 6.18 Å². The second-order valence-corrected chi connectivity index (χ2v) is 8.84. The van der Waals surface area contributed by atoms with E-state index in [-0.39, 0.29) is 5.91 Å². The Hall–Kier alpha value is -3.13. The van der Waals surface area contributed by atoms with Crippen molar-refractivity contribution in [3.63, 3.8) is 0 Å². The molecule has 5 nitrogen and oxygen atoms in total. The van der Waals surface area contributed by atoms with E-state index in [1.807, 2.05) is 49.1 Å². The number of amides is 1. The normalized spacial score (nSPS) is 19.0. The number of hydrazone groups is 1. The molecule has 180 valence electrons. The van der Waals surface area contributed by atoms with Crippen LogP contribution in [0.5, 0.6) is 0 Å². The van der Waals surface area contributed by atoms with Crippen LogP contribution in [0.15, 0.2) is 59.2 Å². The lowest BCUT2D eigenvalue weighted by Gasteiger charge is -2.37. The number of carbonyl (C=O) groups excluding carboxylic acids is 1. The Bertz CT molecular complexity index is 1080. The zero-order valence-electron chi connectivity index (χ0n) is 19.5. The molecule has 2 aromatic carbocycles. The van der Waals surface area contributed by atoms with Gasteiger partial charge in [0.25, 0.3) is 0 Å². The predicted octanol–water partition coefficient (Wildman–Crippen LogP) is 4.83. The molecule has 1 fully saturated rings. The van der Waals surface area contributed by atoms with Crippen molar-refractivity contribution in [2.45, 2.75) is 26.4 Å². The van der Waals surface area contributed by atoms with Gasteiger partial charge in [-0.15, -0.1) is 0 Å². The molecule has 0 atom stereocenters. The molecule has 0 spiro atoms. The van der Waals surface area contributed by atoms with Crippen LogP contribution in [-0.4, -0.2) is 60.8 Å². The lowest BCUT2D eigenvalue weighted by molar-refractivity contribution is -0.137. The number of nitrogens with zero attached hydrogens (tertiary/aromatic N) is 4. The molecule has 0 aromatic heterocycles. The average molecular weight is 471 g/mol. The Morgan fingerprint density at radius 3 is 2.35 bits per heavy atom. The first-order chi connectivity index (χ1) is 16.2. The summed E-state index contributed by atoms with van der Waals surface area (Å²) in [7, 11) is 0. The Labute approximate surface area is 198 Å². The number of benzene rings is 2. The molecule has 1 saturated heterocycles. The van der Waals surface area contributed by atoms with Crippen molar-refractivity contribution < 1.29 is 18.0 Å². The number of hydrogen-bond acceptors (Lipinski definition) is 4. The van der Waals surface area contributed by atoms with E-state index in [2.05, 4.69) is 10.0 Å². The molecular formula is C26H29F3N4O. The minimum Gasteiger partial charge on any atom is -0.369 e. The minimum absolute atomic E-state index is 0.0217. The average Bonchev–Trinajstić information content (AvgIpc) is 2.81. The van der Waals surface area contributed by atoms with Crippen LogP contribution in [0.25, 0.3) is 6.08 Å². The van der Waals surface area contributed by atoms with Crippen molar-refractivity contribution >= 4 is 23.4 Å². The van der Waals surface area contributed by atoms with E-state index in [9.17, 15) is 18.0 Å². The standard InChI is InChI=1S/C26H29F3N4O/c1-19-6-8-21(9-7-19)16-22-17-25(34)33(30-20(22)2)15-12-31-10-13-32(14-11-31)24-5-3-4-23(18-24)26(27,28)29/h3-9,16,18H,10-15,17H2,1-2H3/b22-16+. The van der Waals surface area contributed by atoms with Gasteiger partial charge in [0.1, 0.15) is 0 Å². The molecule has 2 aliphatic heterocycles. The lowest BCUT2D eigenvalue weighted by Crippen LogP contribution is -2.49. The third-order valence-electron chi connectivity index (χ3n) is 6.32. The maximum absolute atomic E-state index is 13.0. The summed E-state index contributed by atoms with van der Waals surface area (Å²) in [5, 5.41) is 6.07. The Morgan fingerprint density at radius 1 is 0.971 bits per heavy atom. The molecule has 34 heavy (non-hydrogen) atoms. The number of carbonyl (C=O) groups is 1. The number of alkyl halides is 3. The van der Waals surface area contributed by atoms with Gasteiger partial charge in [0, 0.05) is 38.4 Å². The quantitative estimate of drug-likeness (QED) is 0.629. The molecule has 2 heterocycles. The number of anilines is 1. The van der Waals surface area contributed by atoms with Gasteiger partial charge in [0.2, 0.25) is 5.91 Å². The van der Waals surface area contributed by atoms with Crippen LogP contribution in [0.4, 0.5) is 18.9 Å². The Balaban J connectivity index is 1.31. The fourth-order valence-electron chi connectivity index (χ4n) is 4.22. The van der Waals surface area contributed by atoms with Gasteiger partial charge in [-0.05, 0) is 49.3 Å². The molecule has 8 heteroatoms. The van der Waals surface area contributed by atoms with E-state index in [4.69, 9.17) is 0 Å². The van der Waals surface area contributed by atoms with Crippen molar-refractivity contribution in [2.24, 2.45) is 5.10 Å². The van der Waals surface area contributed by atoms with Gasteiger partial charge in [-0.25, -0.2) is 5.01 Å². The van der Waals surface area contributed by atoms with Crippen molar-refractivity contribution in [3.05, 3.63) is 70.8 Å². The molecule has 0 saturated carbocycles. The monoisotopic (exact) mass is 470 g/mol. The van der Waals surface area contributed by atoms with E-state index < -0.39 is 11.7 Å². The first-order valence-corrected chi connectivity index (χ1v) is 11.5. The van der Waals surface area contributed by atoms with Crippen LogP contribution >= 0.6 is 0 Å². The van der Waals surface area contributed by atoms with Crippen molar-refractivity contribution in [1.82, 2.24) is 9.91 Å². The fourth-order valence-corrected chi connectivity index (χ4v) is 4.22. The largest absolute Gasteiger partial charge is 0.416 e. The molecule has 4 rings (SSSR count). The number of aryl methyl sites for hydroxylation is 1. The summed E-state index contributed by atoms with van der Waals surface area (Å²) in [6.45, 7) is 7.86.